The lowest BCUT2D eigenvalue weighted by Crippen LogP contribution is -2.13. The molecule has 1 atom stereocenters. The molecule has 0 saturated heterocycles. The quantitative estimate of drug-likeness (QED) is 0.738. The summed E-state index contributed by atoms with van der Waals surface area (Å²) in [6.07, 6.45) is 4.97. The predicted octanol–water partition coefficient (Wildman–Crippen LogP) is 3.70. The average Bonchev–Trinajstić information content (AvgIpc) is 2.42. The molecule has 1 aromatic heterocycles. The van der Waals surface area contributed by atoms with Crippen molar-refractivity contribution in [2.75, 3.05) is 13.7 Å². The molecular weight excluding hydrogens is 236 g/mol. The second-order valence-electron chi connectivity index (χ2n) is 5.15. The average molecular weight is 264 g/mol. The fourth-order valence-corrected chi connectivity index (χ4v) is 2.13. The number of aryl methyl sites for hydroxylation is 1. The molecule has 0 aliphatic rings. The van der Waals surface area contributed by atoms with Gasteiger partial charge in [0.15, 0.2) is 0 Å². The van der Waals surface area contributed by atoms with E-state index >= 15 is 0 Å². The molecule has 1 rings (SSSR count). The lowest BCUT2D eigenvalue weighted by molar-refractivity contribution is 0.225. The number of pyridine rings is 1. The van der Waals surface area contributed by atoms with Gasteiger partial charge < -0.3 is 10.1 Å². The molecule has 3 nitrogen and oxygen atoms in total. The Bertz CT molecular complexity index is 366. The van der Waals surface area contributed by atoms with Crippen molar-refractivity contribution in [3.05, 3.63) is 23.4 Å². The monoisotopic (exact) mass is 264 g/mol. The van der Waals surface area contributed by atoms with Gasteiger partial charge in [0, 0.05) is 18.3 Å². The van der Waals surface area contributed by atoms with Crippen LogP contribution in [0.2, 0.25) is 0 Å². The molecule has 1 aromatic rings. The molecule has 0 spiro atoms. The highest BCUT2D eigenvalue weighted by molar-refractivity contribution is 5.24. The molecule has 0 aliphatic carbocycles. The summed E-state index contributed by atoms with van der Waals surface area (Å²) in [6, 6.07) is 4.08. The molecule has 0 radical (unpaired) electrons. The minimum atomic E-state index is 0.652. The summed E-state index contributed by atoms with van der Waals surface area (Å²) >= 11 is 0. The first-order chi connectivity index (χ1) is 9.21. The van der Waals surface area contributed by atoms with Gasteiger partial charge in [0.05, 0.1) is 6.61 Å². The zero-order valence-corrected chi connectivity index (χ0v) is 12.8. The number of hydrogen-bond acceptors (Lipinski definition) is 3. The number of nitrogens with zero attached hydrogens (tertiary/aromatic N) is 1. The van der Waals surface area contributed by atoms with Crippen molar-refractivity contribution in [3.63, 3.8) is 0 Å². The standard InChI is InChI=1S/C16H28N2O/c1-5-7-8-14(6-2)12-19-16-10-9-15(11-17-4)13(3)18-16/h9-10,14,17H,5-8,11-12H2,1-4H3. The van der Waals surface area contributed by atoms with E-state index < -0.39 is 0 Å². The summed E-state index contributed by atoms with van der Waals surface area (Å²) in [5.74, 6) is 1.41. The minimum absolute atomic E-state index is 0.652. The van der Waals surface area contributed by atoms with Gasteiger partial charge in [-0.1, -0.05) is 39.2 Å². The maximum Gasteiger partial charge on any atom is 0.213 e. The topological polar surface area (TPSA) is 34.1 Å². The van der Waals surface area contributed by atoms with Gasteiger partial charge in [-0.3, -0.25) is 0 Å². The highest BCUT2D eigenvalue weighted by atomic mass is 16.5. The third-order valence-electron chi connectivity index (χ3n) is 3.55. The van der Waals surface area contributed by atoms with E-state index in [9.17, 15) is 0 Å². The Labute approximate surface area is 117 Å². The predicted molar refractivity (Wildman–Crippen MR) is 80.5 cm³/mol. The first-order valence-electron chi connectivity index (χ1n) is 7.45. The van der Waals surface area contributed by atoms with Crippen molar-refractivity contribution < 1.29 is 4.74 Å². The number of hydrogen-bond donors (Lipinski definition) is 1. The van der Waals surface area contributed by atoms with Gasteiger partial charge in [-0.2, -0.15) is 0 Å². The molecule has 19 heavy (non-hydrogen) atoms. The Balaban J connectivity index is 2.50. The summed E-state index contributed by atoms with van der Waals surface area (Å²) in [5.41, 5.74) is 2.28. The summed E-state index contributed by atoms with van der Waals surface area (Å²) in [6.45, 7) is 8.15. The SMILES string of the molecule is CCCCC(CC)COc1ccc(CNC)c(C)n1. The van der Waals surface area contributed by atoms with Gasteiger partial charge in [0.1, 0.15) is 0 Å². The molecule has 0 aliphatic heterocycles. The van der Waals surface area contributed by atoms with Crippen molar-refractivity contribution in [1.29, 1.82) is 0 Å². The lowest BCUT2D eigenvalue weighted by Gasteiger charge is -2.15. The molecule has 0 aromatic carbocycles. The second kappa shape index (κ2) is 8.92. The van der Waals surface area contributed by atoms with Crippen LogP contribution in [-0.4, -0.2) is 18.6 Å². The highest BCUT2D eigenvalue weighted by Crippen LogP contribution is 2.17. The Morgan fingerprint density at radius 2 is 2.11 bits per heavy atom. The van der Waals surface area contributed by atoms with Crippen LogP contribution in [0.4, 0.5) is 0 Å². The second-order valence-corrected chi connectivity index (χ2v) is 5.15. The molecule has 1 unspecified atom stereocenters. The van der Waals surface area contributed by atoms with Gasteiger partial charge >= 0.3 is 0 Å². The third-order valence-corrected chi connectivity index (χ3v) is 3.55. The fraction of sp³-hybridized carbons (Fsp3) is 0.688. The molecule has 1 N–H and O–H groups in total. The van der Waals surface area contributed by atoms with Crippen molar-refractivity contribution in [2.45, 2.75) is 53.0 Å². The normalized spacial score (nSPS) is 12.4. The van der Waals surface area contributed by atoms with Crippen molar-refractivity contribution in [3.8, 4) is 5.88 Å². The maximum absolute atomic E-state index is 5.84. The lowest BCUT2D eigenvalue weighted by atomic mass is 10.0. The van der Waals surface area contributed by atoms with E-state index in [1.165, 1.54) is 31.2 Å². The summed E-state index contributed by atoms with van der Waals surface area (Å²) in [7, 11) is 1.95. The van der Waals surface area contributed by atoms with Crippen LogP contribution in [0.15, 0.2) is 12.1 Å². The van der Waals surface area contributed by atoms with Crippen LogP contribution in [0.1, 0.15) is 50.8 Å². The summed E-state index contributed by atoms with van der Waals surface area (Å²) < 4.78 is 5.84. The first kappa shape index (κ1) is 16.0. The van der Waals surface area contributed by atoms with Gasteiger partial charge in [-0.25, -0.2) is 4.98 Å². The van der Waals surface area contributed by atoms with E-state index in [0.29, 0.717) is 5.92 Å². The van der Waals surface area contributed by atoms with Gasteiger partial charge in [0.25, 0.3) is 0 Å². The van der Waals surface area contributed by atoms with Gasteiger partial charge in [0.2, 0.25) is 5.88 Å². The Kier molecular flexibility index (Phi) is 7.49. The molecule has 0 bridgehead atoms. The number of nitrogens with one attached hydrogen (secondary N) is 1. The van der Waals surface area contributed by atoms with E-state index in [1.54, 1.807) is 0 Å². The van der Waals surface area contributed by atoms with Crippen LogP contribution in [0.25, 0.3) is 0 Å². The number of ether oxygens (including phenoxy) is 1. The highest BCUT2D eigenvalue weighted by Gasteiger charge is 2.08. The van der Waals surface area contributed by atoms with Crippen molar-refractivity contribution >= 4 is 0 Å². The van der Waals surface area contributed by atoms with Crippen molar-refractivity contribution in [1.82, 2.24) is 10.3 Å². The molecule has 1 heterocycles. The van der Waals surface area contributed by atoms with Crippen molar-refractivity contribution in [2.24, 2.45) is 5.92 Å². The van der Waals surface area contributed by atoms with E-state index in [1.807, 2.05) is 20.0 Å². The van der Waals surface area contributed by atoms with E-state index in [-0.39, 0.29) is 0 Å². The molecule has 3 heteroatoms. The van der Waals surface area contributed by atoms with E-state index in [4.69, 9.17) is 4.74 Å². The Morgan fingerprint density at radius 3 is 2.68 bits per heavy atom. The fourth-order valence-electron chi connectivity index (χ4n) is 2.13. The van der Waals surface area contributed by atoms with E-state index in [0.717, 1.165) is 24.7 Å². The Morgan fingerprint density at radius 1 is 1.32 bits per heavy atom. The molecule has 0 amide bonds. The number of aromatic nitrogens is 1. The molecule has 0 fully saturated rings. The zero-order chi connectivity index (χ0) is 14.1. The first-order valence-corrected chi connectivity index (χ1v) is 7.45. The largest absolute Gasteiger partial charge is 0.477 e. The van der Waals surface area contributed by atoms with Crippen LogP contribution >= 0.6 is 0 Å². The number of unbranched alkanes of at least 4 members (excludes halogenated alkanes) is 1. The third kappa shape index (κ3) is 5.60. The zero-order valence-electron chi connectivity index (χ0n) is 12.8. The van der Waals surface area contributed by atoms with Gasteiger partial charge in [-0.05, 0) is 31.9 Å². The van der Waals surface area contributed by atoms with Crippen LogP contribution in [0.5, 0.6) is 5.88 Å². The van der Waals surface area contributed by atoms with Crippen LogP contribution in [-0.2, 0) is 6.54 Å². The molecule has 0 saturated carbocycles. The van der Waals surface area contributed by atoms with E-state index in [2.05, 4.69) is 30.2 Å². The molecular formula is C16H28N2O. The van der Waals surface area contributed by atoms with Crippen LogP contribution < -0.4 is 10.1 Å². The smallest absolute Gasteiger partial charge is 0.213 e. The maximum atomic E-state index is 5.84. The number of rotatable bonds is 9. The molecule has 108 valence electrons. The van der Waals surface area contributed by atoms with Gasteiger partial charge in [-0.15, -0.1) is 0 Å². The Hall–Kier alpha value is -1.09. The minimum Gasteiger partial charge on any atom is -0.477 e. The van der Waals surface area contributed by atoms with Crippen LogP contribution in [0, 0.1) is 12.8 Å². The summed E-state index contributed by atoms with van der Waals surface area (Å²) in [5, 5.41) is 3.15. The summed E-state index contributed by atoms with van der Waals surface area (Å²) in [4.78, 5) is 4.52. The van der Waals surface area contributed by atoms with Crippen LogP contribution in [0.3, 0.4) is 0 Å².